The summed E-state index contributed by atoms with van der Waals surface area (Å²) >= 11 is 3.30. The van der Waals surface area contributed by atoms with Crippen molar-refractivity contribution < 1.29 is 0 Å². The molecule has 16 heavy (non-hydrogen) atoms. The van der Waals surface area contributed by atoms with E-state index in [1.165, 1.54) is 10.4 Å². The maximum Gasteiger partial charge on any atom is 0.188 e. The highest BCUT2D eigenvalue weighted by molar-refractivity contribution is 7.98. The number of aromatic nitrogens is 2. The molecule has 0 radical (unpaired) electrons. The molecule has 3 N–H and O–H groups in total. The molecule has 3 nitrogen and oxygen atoms in total. The molecule has 0 saturated carbocycles. The van der Waals surface area contributed by atoms with Gasteiger partial charge < -0.3 is 6.15 Å². The Balaban J connectivity index is 0.00000128. The van der Waals surface area contributed by atoms with Crippen molar-refractivity contribution >= 4 is 23.1 Å². The average molecular weight is 253 g/mol. The molecule has 0 aromatic carbocycles. The van der Waals surface area contributed by atoms with Gasteiger partial charge in [0.2, 0.25) is 0 Å². The lowest BCUT2D eigenvalue weighted by Crippen LogP contribution is -1.97. The summed E-state index contributed by atoms with van der Waals surface area (Å²) in [5, 5.41) is 2.92. The number of aryl methyl sites for hydroxylation is 1. The molecule has 2 heterocycles. The molecular weight excluding hydrogens is 238 g/mol. The number of thioether (sulfide) groups is 1. The molecule has 0 bridgehead atoms. The van der Waals surface area contributed by atoms with Gasteiger partial charge in [0.05, 0.1) is 10.6 Å². The normalized spacial score (nSPS) is 9.94. The standard InChI is InChI=1S/C11H12N2S2.H3N/c1-7-8(2)12-11(14-3)13-10(7)9-5-4-6-15-9;/h4-6H,1-3H3;1H3. The van der Waals surface area contributed by atoms with Crippen LogP contribution >= 0.6 is 23.1 Å². The van der Waals surface area contributed by atoms with Gasteiger partial charge in [0.15, 0.2) is 5.16 Å². The van der Waals surface area contributed by atoms with Crippen LogP contribution in [0.1, 0.15) is 11.3 Å². The van der Waals surface area contributed by atoms with Gasteiger partial charge in [-0.1, -0.05) is 17.8 Å². The molecular formula is C11H15N3S2. The predicted molar refractivity (Wildman–Crippen MR) is 71.6 cm³/mol. The fourth-order valence-corrected chi connectivity index (χ4v) is 2.53. The zero-order valence-corrected chi connectivity index (χ0v) is 11.3. The van der Waals surface area contributed by atoms with Crippen LogP contribution in [0.25, 0.3) is 10.6 Å². The minimum Gasteiger partial charge on any atom is -0.344 e. The van der Waals surface area contributed by atoms with Crippen molar-refractivity contribution in [1.82, 2.24) is 16.1 Å². The number of hydrogen-bond acceptors (Lipinski definition) is 5. The molecule has 0 aliphatic carbocycles. The molecule has 5 heteroatoms. The second kappa shape index (κ2) is 5.43. The van der Waals surface area contributed by atoms with Crippen molar-refractivity contribution in [3.05, 3.63) is 28.8 Å². The number of thiophene rings is 1. The smallest absolute Gasteiger partial charge is 0.188 e. The van der Waals surface area contributed by atoms with E-state index in [2.05, 4.69) is 34.4 Å². The fourth-order valence-electron chi connectivity index (χ4n) is 1.35. The summed E-state index contributed by atoms with van der Waals surface area (Å²) in [4.78, 5) is 10.2. The molecule has 0 atom stereocenters. The first kappa shape index (κ1) is 13.2. The summed E-state index contributed by atoms with van der Waals surface area (Å²) in [7, 11) is 0. The second-order valence-electron chi connectivity index (χ2n) is 3.25. The lowest BCUT2D eigenvalue weighted by molar-refractivity contribution is 0.923. The number of nitrogens with zero attached hydrogens (tertiary/aromatic N) is 2. The molecule has 2 aromatic rings. The largest absolute Gasteiger partial charge is 0.344 e. The SMILES string of the molecule is CSc1nc(C)c(C)c(-c2cccs2)n1.N. The van der Waals surface area contributed by atoms with E-state index < -0.39 is 0 Å². The van der Waals surface area contributed by atoms with Crippen LogP contribution in [-0.4, -0.2) is 16.2 Å². The first-order valence-corrected chi connectivity index (χ1v) is 6.76. The molecule has 0 unspecified atom stereocenters. The summed E-state index contributed by atoms with van der Waals surface area (Å²) in [6.07, 6.45) is 2.00. The van der Waals surface area contributed by atoms with Crippen LogP contribution in [0.3, 0.4) is 0 Å². The lowest BCUT2D eigenvalue weighted by Gasteiger charge is -2.07. The van der Waals surface area contributed by atoms with Crippen molar-refractivity contribution in [2.24, 2.45) is 0 Å². The minimum atomic E-state index is 0. The van der Waals surface area contributed by atoms with Crippen LogP contribution in [0.15, 0.2) is 22.7 Å². The quantitative estimate of drug-likeness (QED) is 0.654. The van der Waals surface area contributed by atoms with Crippen LogP contribution in [0.4, 0.5) is 0 Å². The molecule has 0 aliphatic rings. The van der Waals surface area contributed by atoms with E-state index in [0.717, 1.165) is 16.5 Å². The highest BCUT2D eigenvalue weighted by Gasteiger charge is 2.09. The molecule has 0 spiro atoms. The van der Waals surface area contributed by atoms with E-state index in [-0.39, 0.29) is 6.15 Å². The van der Waals surface area contributed by atoms with Gasteiger partial charge >= 0.3 is 0 Å². The van der Waals surface area contributed by atoms with Crippen LogP contribution in [-0.2, 0) is 0 Å². The molecule has 2 rings (SSSR count). The van der Waals surface area contributed by atoms with Gasteiger partial charge in [-0.2, -0.15) is 0 Å². The van der Waals surface area contributed by atoms with Gasteiger partial charge in [-0.15, -0.1) is 11.3 Å². The van der Waals surface area contributed by atoms with Crippen molar-refractivity contribution in [2.45, 2.75) is 19.0 Å². The zero-order valence-electron chi connectivity index (χ0n) is 9.65. The van der Waals surface area contributed by atoms with Gasteiger partial charge in [-0.25, -0.2) is 9.97 Å². The van der Waals surface area contributed by atoms with E-state index in [4.69, 9.17) is 0 Å². The van der Waals surface area contributed by atoms with Crippen LogP contribution in [0.2, 0.25) is 0 Å². The third-order valence-electron chi connectivity index (χ3n) is 2.31. The predicted octanol–water partition coefficient (Wildman–Crippen LogP) is 3.71. The second-order valence-corrected chi connectivity index (χ2v) is 4.97. The van der Waals surface area contributed by atoms with Crippen molar-refractivity contribution in [3.63, 3.8) is 0 Å². The summed E-state index contributed by atoms with van der Waals surface area (Å²) < 4.78 is 0. The van der Waals surface area contributed by atoms with Crippen molar-refractivity contribution in [1.29, 1.82) is 0 Å². The molecule has 0 saturated heterocycles. The Labute approximate surface area is 104 Å². The van der Waals surface area contributed by atoms with E-state index in [1.807, 2.05) is 13.2 Å². The van der Waals surface area contributed by atoms with Gasteiger partial charge in [0, 0.05) is 5.69 Å². The van der Waals surface area contributed by atoms with Gasteiger partial charge in [0.1, 0.15) is 0 Å². The number of hydrogen-bond donors (Lipinski definition) is 1. The maximum absolute atomic E-state index is 4.56. The van der Waals surface area contributed by atoms with E-state index in [1.54, 1.807) is 23.1 Å². The van der Waals surface area contributed by atoms with Gasteiger partial charge in [-0.05, 0) is 37.1 Å². The highest BCUT2D eigenvalue weighted by atomic mass is 32.2. The Morgan fingerprint density at radius 1 is 1.25 bits per heavy atom. The third-order valence-corrected chi connectivity index (χ3v) is 3.73. The van der Waals surface area contributed by atoms with Crippen LogP contribution in [0.5, 0.6) is 0 Å². The Bertz CT molecular complexity index is 466. The summed E-state index contributed by atoms with van der Waals surface area (Å²) in [5.41, 5.74) is 3.31. The summed E-state index contributed by atoms with van der Waals surface area (Å²) in [6.45, 7) is 4.11. The molecule has 0 fully saturated rings. The number of rotatable bonds is 2. The Morgan fingerprint density at radius 3 is 2.56 bits per heavy atom. The van der Waals surface area contributed by atoms with Crippen LogP contribution < -0.4 is 6.15 Å². The zero-order chi connectivity index (χ0) is 10.8. The van der Waals surface area contributed by atoms with Gasteiger partial charge in [-0.3, -0.25) is 0 Å². The highest BCUT2D eigenvalue weighted by Crippen LogP contribution is 2.28. The molecule has 0 aliphatic heterocycles. The topological polar surface area (TPSA) is 60.8 Å². The van der Waals surface area contributed by atoms with Crippen molar-refractivity contribution in [3.8, 4) is 10.6 Å². The van der Waals surface area contributed by atoms with Crippen LogP contribution in [0, 0.1) is 13.8 Å². The lowest BCUT2D eigenvalue weighted by atomic mass is 10.2. The average Bonchev–Trinajstić information content (AvgIpc) is 2.75. The van der Waals surface area contributed by atoms with Crippen molar-refractivity contribution in [2.75, 3.05) is 6.26 Å². The van der Waals surface area contributed by atoms with E-state index in [0.29, 0.717) is 0 Å². The first-order valence-electron chi connectivity index (χ1n) is 4.65. The maximum atomic E-state index is 4.56. The summed E-state index contributed by atoms with van der Waals surface area (Å²) in [6, 6.07) is 4.15. The first-order chi connectivity index (χ1) is 7.22. The molecule has 2 aromatic heterocycles. The fraction of sp³-hybridized carbons (Fsp3) is 0.273. The van der Waals surface area contributed by atoms with E-state index in [9.17, 15) is 0 Å². The Morgan fingerprint density at radius 2 is 2.00 bits per heavy atom. The minimum absolute atomic E-state index is 0. The molecule has 0 amide bonds. The summed E-state index contributed by atoms with van der Waals surface area (Å²) in [5.74, 6) is 0. The van der Waals surface area contributed by atoms with E-state index >= 15 is 0 Å². The molecule has 86 valence electrons. The van der Waals surface area contributed by atoms with Gasteiger partial charge in [0.25, 0.3) is 0 Å². The third kappa shape index (κ3) is 2.42. The monoisotopic (exact) mass is 253 g/mol. The Kier molecular flexibility index (Phi) is 4.46. The Hall–Kier alpha value is -0.910.